The van der Waals surface area contributed by atoms with Crippen LogP contribution in [0.4, 0.5) is 4.79 Å². The SMILES string of the molecule is CNC(=O)CCN(C)C(=O)NC(=O)CCl. The summed E-state index contributed by atoms with van der Waals surface area (Å²) in [6.45, 7) is 0.237. The van der Waals surface area contributed by atoms with Crippen molar-refractivity contribution >= 4 is 29.4 Å². The third-order valence-corrected chi connectivity index (χ3v) is 1.91. The Morgan fingerprint density at radius 2 is 1.87 bits per heavy atom. The standard InChI is InChI=1S/C8H14ClN3O3/c1-10-6(13)3-4-12(2)8(15)11-7(14)5-9/h3-5H2,1-2H3,(H,10,13)(H,11,14,15). The van der Waals surface area contributed by atoms with Crippen LogP contribution in [0.15, 0.2) is 0 Å². The molecule has 0 bridgehead atoms. The van der Waals surface area contributed by atoms with E-state index in [0.717, 1.165) is 0 Å². The van der Waals surface area contributed by atoms with Gasteiger partial charge in [0.05, 0.1) is 0 Å². The number of rotatable bonds is 4. The van der Waals surface area contributed by atoms with Crippen molar-refractivity contribution in [1.82, 2.24) is 15.5 Å². The predicted octanol–water partition coefficient (Wildman–Crippen LogP) is -0.471. The topological polar surface area (TPSA) is 78.5 Å². The number of nitrogens with one attached hydrogen (secondary N) is 2. The molecule has 86 valence electrons. The number of nitrogens with zero attached hydrogens (tertiary/aromatic N) is 1. The Morgan fingerprint density at radius 3 is 2.33 bits per heavy atom. The first-order chi connectivity index (χ1) is 7.01. The van der Waals surface area contributed by atoms with Gasteiger partial charge in [-0.05, 0) is 0 Å². The van der Waals surface area contributed by atoms with Gasteiger partial charge in [0, 0.05) is 27.1 Å². The number of alkyl halides is 1. The average molecular weight is 236 g/mol. The van der Waals surface area contributed by atoms with Crippen LogP contribution in [0.5, 0.6) is 0 Å². The van der Waals surface area contributed by atoms with Crippen molar-refractivity contribution in [2.45, 2.75) is 6.42 Å². The Balaban J connectivity index is 3.89. The van der Waals surface area contributed by atoms with Crippen LogP contribution in [-0.2, 0) is 9.59 Å². The van der Waals surface area contributed by atoms with E-state index in [-0.39, 0.29) is 24.8 Å². The molecular weight excluding hydrogens is 222 g/mol. The molecule has 0 heterocycles. The molecule has 4 amide bonds. The lowest BCUT2D eigenvalue weighted by atomic mass is 10.4. The summed E-state index contributed by atoms with van der Waals surface area (Å²) in [5.41, 5.74) is 0. The molecule has 0 aliphatic heterocycles. The average Bonchev–Trinajstić information content (AvgIpc) is 2.24. The van der Waals surface area contributed by atoms with E-state index in [0.29, 0.717) is 0 Å². The van der Waals surface area contributed by atoms with Crippen molar-refractivity contribution in [3.63, 3.8) is 0 Å². The molecule has 0 atom stereocenters. The van der Waals surface area contributed by atoms with Crippen molar-refractivity contribution in [1.29, 1.82) is 0 Å². The molecule has 0 fully saturated rings. The van der Waals surface area contributed by atoms with Crippen molar-refractivity contribution in [2.24, 2.45) is 0 Å². The normalized spacial score (nSPS) is 9.27. The molecule has 0 saturated heterocycles. The largest absolute Gasteiger partial charge is 0.359 e. The Morgan fingerprint density at radius 1 is 1.27 bits per heavy atom. The van der Waals surface area contributed by atoms with Gasteiger partial charge in [0.2, 0.25) is 11.8 Å². The monoisotopic (exact) mass is 235 g/mol. The van der Waals surface area contributed by atoms with Gasteiger partial charge in [0.15, 0.2) is 0 Å². The molecule has 6 nitrogen and oxygen atoms in total. The molecular formula is C8H14ClN3O3. The number of amides is 4. The second-order valence-electron chi connectivity index (χ2n) is 2.83. The van der Waals surface area contributed by atoms with Gasteiger partial charge in [-0.25, -0.2) is 4.79 Å². The number of carbonyl (C=O) groups excluding carboxylic acids is 3. The van der Waals surface area contributed by atoms with Gasteiger partial charge in [-0.1, -0.05) is 0 Å². The molecule has 0 aliphatic rings. The number of imide groups is 1. The second kappa shape index (κ2) is 7.05. The molecule has 0 aromatic carbocycles. The minimum absolute atomic E-state index is 0.168. The molecule has 0 spiro atoms. The fourth-order valence-electron chi connectivity index (χ4n) is 0.744. The summed E-state index contributed by atoms with van der Waals surface area (Å²) in [5.74, 6) is -0.999. The van der Waals surface area contributed by atoms with Gasteiger partial charge in [0.25, 0.3) is 0 Å². The van der Waals surface area contributed by atoms with Gasteiger partial charge in [-0.3, -0.25) is 14.9 Å². The lowest BCUT2D eigenvalue weighted by Crippen LogP contribution is -2.42. The fourth-order valence-corrected chi connectivity index (χ4v) is 0.811. The molecule has 0 rings (SSSR count). The summed E-state index contributed by atoms with van der Waals surface area (Å²) in [6, 6.07) is -0.565. The third kappa shape index (κ3) is 5.90. The minimum atomic E-state index is -0.565. The van der Waals surface area contributed by atoms with Crippen LogP contribution in [0, 0.1) is 0 Å². The van der Waals surface area contributed by atoms with Crippen LogP contribution in [-0.4, -0.2) is 49.3 Å². The van der Waals surface area contributed by atoms with Crippen molar-refractivity contribution < 1.29 is 14.4 Å². The Labute approximate surface area is 92.9 Å². The highest BCUT2D eigenvalue weighted by molar-refractivity contribution is 6.28. The van der Waals surface area contributed by atoms with Crippen LogP contribution in [0.25, 0.3) is 0 Å². The van der Waals surface area contributed by atoms with E-state index in [4.69, 9.17) is 11.6 Å². The molecule has 0 aromatic rings. The summed E-state index contributed by atoms with van der Waals surface area (Å²) in [6.07, 6.45) is 0.190. The quantitative estimate of drug-likeness (QED) is 0.647. The van der Waals surface area contributed by atoms with Crippen LogP contribution in [0.1, 0.15) is 6.42 Å². The summed E-state index contributed by atoms with van der Waals surface area (Å²) in [5, 5.41) is 4.48. The van der Waals surface area contributed by atoms with Crippen molar-refractivity contribution in [3.8, 4) is 0 Å². The Bertz CT molecular complexity index is 258. The Hall–Kier alpha value is -1.30. The summed E-state index contributed by atoms with van der Waals surface area (Å²) >= 11 is 5.20. The van der Waals surface area contributed by atoms with Gasteiger partial charge < -0.3 is 10.2 Å². The number of hydrogen-bond acceptors (Lipinski definition) is 3. The molecule has 0 aliphatic carbocycles. The first kappa shape index (κ1) is 13.7. The highest BCUT2D eigenvalue weighted by Gasteiger charge is 2.12. The van der Waals surface area contributed by atoms with Crippen LogP contribution < -0.4 is 10.6 Å². The van der Waals surface area contributed by atoms with E-state index >= 15 is 0 Å². The maximum atomic E-state index is 11.2. The summed E-state index contributed by atoms with van der Waals surface area (Å²) in [4.78, 5) is 34.1. The second-order valence-corrected chi connectivity index (χ2v) is 3.10. The van der Waals surface area contributed by atoms with E-state index in [1.54, 1.807) is 0 Å². The highest BCUT2D eigenvalue weighted by Crippen LogP contribution is 1.89. The van der Waals surface area contributed by atoms with E-state index in [1.165, 1.54) is 19.0 Å². The Kier molecular flexibility index (Phi) is 6.44. The van der Waals surface area contributed by atoms with Gasteiger partial charge in [-0.2, -0.15) is 0 Å². The molecule has 2 N–H and O–H groups in total. The third-order valence-electron chi connectivity index (χ3n) is 1.67. The molecule has 0 saturated carbocycles. The molecule has 15 heavy (non-hydrogen) atoms. The minimum Gasteiger partial charge on any atom is -0.359 e. The lowest BCUT2D eigenvalue weighted by molar-refractivity contribution is -0.120. The van der Waals surface area contributed by atoms with E-state index in [9.17, 15) is 14.4 Å². The van der Waals surface area contributed by atoms with Crippen molar-refractivity contribution in [3.05, 3.63) is 0 Å². The highest BCUT2D eigenvalue weighted by atomic mass is 35.5. The zero-order valence-electron chi connectivity index (χ0n) is 8.67. The van der Waals surface area contributed by atoms with Gasteiger partial charge in [0.1, 0.15) is 5.88 Å². The van der Waals surface area contributed by atoms with Crippen LogP contribution in [0.3, 0.4) is 0 Å². The maximum Gasteiger partial charge on any atom is 0.323 e. The number of halogens is 1. The summed E-state index contributed by atoms with van der Waals surface area (Å²) < 4.78 is 0. The molecule has 0 aromatic heterocycles. The first-order valence-electron chi connectivity index (χ1n) is 4.32. The number of hydrogen-bond donors (Lipinski definition) is 2. The predicted molar refractivity (Wildman–Crippen MR) is 55.6 cm³/mol. The molecule has 0 radical (unpaired) electrons. The van der Waals surface area contributed by atoms with E-state index in [2.05, 4.69) is 10.6 Å². The van der Waals surface area contributed by atoms with Crippen LogP contribution in [0.2, 0.25) is 0 Å². The van der Waals surface area contributed by atoms with Crippen LogP contribution >= 0.6 is 11.6 Å². The van der Waals surface area contributed by atoms with E-state index < -0.39 is 11.9 Å². The molecule has 7 heteroatoms. The smallest absolute Gasteiger partial charge is 0.323 e. The fraction of sp³-hybridized carbons (Fsp3) is 0.625. The summed E-state index contributed by atoms with van der Waals surface area (Å²) in [7, 11) is 3.00. The van der Waals surface area contributed by atoms with Gasteiger partial charge in [-0.15, -0.1) is 11.6 Å². The van der Waals surface area contributed by atoms with Crippen molar-refractivity contribution in [2.75, 3.05) is 26.5 Å². The zero-order chi connectivity index (χ0) is 11.8. The number of carbonyl (C=O) groups is 3. The first-order valence-corrected chi connectivity index (χ1v) is 4.86. The maximum absolute atomic E-state index is 11.2. The molecule has 0 unspecified atom stereocenters. The van der Waals surface area contributed by atoms with Gasteiger partial charge >= 0.3 is 6.03 Å². The lowest BCUT2D eigenvalue weighted by Gasteiger charge is -2.16. The number of urea groups is 1. The zero-order valence-corrected chi connectivity index (χ0v) is 9.43. The van der Waals surface area contributed by atoms with E-state index in [1.807, 2.05) is 0 Å².